The van der Waals surface area contributed by atoms with Gasteiger partial charge in [-0.3, -0.25) is 4.40 Å². The third kappa shape index (κ3) is 4.32. The predicted molar refractivity (Wildman–Crippen MR) is 82.9 cm³/mol. The monoisotopic (exact) mass is 279 g/mol. The number of fused-ring (bicyclic) bond motifs is 1. The van der Waals surface area contributed by atoms with Gasteiger partial charge in [0, 0.05) is 23.8 Å². The fraction of sp³-hybridized carbons (Fsp3) is 0.667. The summed E-state index contributed by atoms with van der Waals surface area (Å²) in [6.45, 7) is 10.1. The van der Waals surface area contributed by atoms with E-state index in [1.165, 1.54) is 12.1 Å². The summed E-state index contributed by atoms with van der Waals surface area (Å²) in [5.74, 6) is 1.41. The van der Waals surface area contributed by atoms with E-state index in [4.69, 9.17) is 4.98 Å². The molecule has 0 bridgehead atoms. The van der Waals surface area contributed by atoms with Gasteiger partial charge in [-0.25, -0.2) is 4.98 Å². The zero-order valence-electron chi connectivity index (χ0n) is 12.4. The summed E-state index contributed by atoms with van der Waals surface area (Å²) < 4.78 is 2.13. The summed E-state index contributed by atoms with van der Waals surface area (Å²) in [7, 11) is 0. The van der Waals surface area contributed by atoms with E-state index in [1.54, 1.807) is 11.3 Å². The quantitative estimate of drug-likeness (QED) is 0.839. The first-order valence-corrected chi connectivity index (χ1v) is 8.07. The molecule has 4 heteroatoms. The van der Waals surface area contributed by atoms with Gasteiger partial charge in [-0.05, 0) is 31.2 Å². The Morgan fingerprint density at radius 3 is 2.74 bits per heavy atom. The molecule has 2 rings (SSSR count). The fourth-order valence-electron chi connectivity index (χ4n) is 2.48. The van der Waals surface area contributed by atoms with Crippen LogP contribution >= 0.6 is 11.3 Å². The molecule has 0 aliphatic rings. The van der Waals surface area contributed by atoms with Crippen LogP contribution in [0.15, 0.2) is 17.8 Å². The van der Waals surface area contributed by atoms with Crippen molar-refractivity contribution >= 4 is 16.3 Å². The van der Waals surface area contributed by atoms with Crippen molar-refractivity contribution < 1.29 is 0 Å². The standard InChI is InChI=1S/C15H25N3S/c1-11(2)7-13(9-16-12(3)4)8-14-10-18-5-6-19-15(18)17-14/h5-6,10-13,16H,7-9H2,1-4H3. The van der Waals surface area contributed by atoms with Gasteiger partial charge in [0.25, 0.3) is 0 Å². The fourth-order valence-corrected chi connectivity index (χ4v) is 3.20. The highest BCUT2D eigenvalue weighted by Crippen LogP contribution is 2.19. The highest BCUT2D eigenvalue weighted by Gasteiger charge is 2.14. The maximum Gasteiger partial charge on any atom is 0.193 e. The number of rotatable bonds is 7. The van der Waals surface area contributed by atoms with Gasteiger partial charge in [0.05, 0.1) is 5.69 Å². The summed E-state index contributed by atoms with van der Waals surface area (Å²) in [5, 5.41) is 5.65. The van der Waals surface area contributed by atoms with Crippen molar-refractivity contribution in [1.29, 1.82) is 0 Å². The van der Waals surface area contributed by atoms with Crippen LogP contribution < -0.4 is 5.32 Å². The number of imidazole rings is 1. The molecule has 0 aliphatic heterocycles. The Balaban J connectivity index is 1.99. The molecule has 2 heterocycles. The Morgan fingerprint density at radius 1 is 1.32 bits per heavy atom. The lowest BCUT2D eigenvalue weighted by Crippen LogP contribution is -2.30. The largest absolute Gasteiger partial charge is 0.314 e. The lowest BCUT2D eigenvalue weighted by molar-refractivity contribution is 0.371. The summed E-state index contributed by atoms with van der Waals surface area (Å²) in [6.07, 6.45) is 6.59. The molecule has 2 aromatic rings. The molecular formula is C15H25N3S. The number of aromatic nitrogens is 2. The van der Waals surface area contributed by atoms with Crippen LogP contribution in [0.4, 0.5) is 0 Å². The molecule has 0 spiro atoms. The molecule has 0 fully saturated rings. The van der Waals surface area contributed by atoms with Crippen molar-refractivity contribution in [3.8, 4) is 0 Å². The van der Waals surface area contributed by atoms with Crippen molar-refractivity contribution in [1.82, 2.24) is 14.7 Å². The molecule has 0 saturated heterocycles. The average Bonchev–Trinajstić information content (AvgIpc) is 2.85. The van der Waals surface area contributed by atoms with Crippen molar-refractivity contribution in [3.63, 3.8) is 0 Å². The molecule has 106 valence electrons. The van der Waals surface area contributed by atoms with Gasteiger partial charge < -0.3 is 5.32 Å². The molecule has 19 heavy (non-hydrogen) atoms. The molecular weight excluding hydrogens is 254 g/mol. The normalized spacial score (nSPS) is 13.8. The molecule has 1 unspecified atom stereocenters. The van der Waals surface area contributed by atoms with Gasteiger partial charge in [-0.1, -0.05) is 27.7 Å². The van der Waals surface area contributed by atoms with Crippen molar-refractivity contribution in [2.24, 2.45) is 11.8 Å². The Hall–Kier alpha value is -0.870. The lowest BCUT2D eigenvalue weighted by atomic mass is 9.93. The summed E-state index contributed by atoms with van der Waals surface area (Å²) in [5.41, 5.74) is 1.23. The second kappa shape index (κ2) is 6.53. The van der Waals surface area contributed by atoms with Gasteiger partial charge in [-0.2, -0.15) is 0 Å². The summed E-state index contributed by atoms with van der Waals surface area (Å²) in [4.78, 5) is 5.81. The molecule has 0 aliphatic carbocycles. The van der Waals surface area contributed by atoms with Gasteiger partial charge in [-0.15, -0.1) is 11.3 Å². The molecule has 1 N–H and O–H groups in total. The maximum atomic E-state index is 4.70. The zero-order valence-corrected chi connectivity index (χ0v) is 13.2. The van der Waals surface area contributed by atoms with E-state index in [0.717, 1.165) is 23.8 Å². The molecule has 1 atom stereocenters. The SMILES string of the molecule is CC(C)CC(CNC(C)C)Cc1cn2ccsc2n1. The molecule has 0 radical (unpaired) electrons. The molecule has 0 amide bonds. The molecule has 0 aromatic carbocycles. The summed E-state index contributed by atoms with van der Waals surface area (Å²) in [6, 6.07) is 0.556. The van der Waals surface area contributed by atoms with Gasteiger partial charge in [0.2, 0.25) is 0 Å². The van der Waals surface area contributed by atoms with Crippen LogP contribution in [0.3, 0.4) is 0 Å². The minimum absolute atomic E-state index is 0.556. The maximum absolute atomic E-state index is 4.70. The lowest BCUT2D eigenvalue weighted by Gasteiger charge is -2.20. The number of hydrogen-bond acceptors (Lipinski definition) is 3. The van der Waals surface area contributed by atoms with Gasteiger partial charge >= 0.3 is 0 Å². The van der Waals surface area contributed by atoms with E-state index in [1.807, 2.05) is 0 Å². The Labute approximate surface area is 120 Å². The predicted octanol–water partition coefficient (Wildman–Crippen LogP) is 3.60. The number of thiazole rings is 1. The minimum atomic E-state index is 0.556. The smallest absolute Gasteiger partial charge is 0.193 e. The first-order valence-electron chi connectivity index (χ1n) is 7.19. The van der Waals surface area contributed by atoms with E-state index < -0.39 is 0 Å². The van der Waals surface area contributed by atoms with Gasteiger partial charge in [0.15, 0.2) is 4.96 Å². The van der Waals surface area contributed by atoms with Crippen LogP contribution in [0.5, 0.6) is 0 Å². The van der Waals surface area contributed by atoms with E-state index in [9.17, 15) is 0 Å². The topological polar surface area (TPSA) is 29.3 Å². The van der Waals surface area contributed by atoms with Crippen LogP contribution in [0.1, 0.15) is 39.8 Å². The van der Waals surface area contributed by atoms with Gasteiger partial charge in [0.1, 0.15) is 0 Å². The Morgan fingerprint density at radius 2 is 2.11 bits per heavy atom. The third-order valence-electron chi connectivity index (χ3n) is 3.26. The van der Waals surface area contributed by atoms with E-state index in [0.29, 0.717) is 12.0 Å². The number of nitrogens with zero attached hydrogens (tertiary/aromatic N) is 2. The van der Waals surface area contributed by atoms with Crippen molar-refractivity contribution in [3.05, 3.63) is 23.5 Å². The second-order valence-electron chi connectivity index (χ2n) is 6.09. The Bertz CT molecular complexity index is 470. The first-order chi connectivity index (χ1) is 9.04. The molecule has 0 saturated carbocycles. The van der Waals surface area contributed by atoms with E-state index >= 15 is 0 Å². The van der Waals surface area contributed by atoms with E-state index in [-0.39, 0.29) is 0 Å². The van der Waals surface area contributed by atoms with Crippen LogP contribution in [-0.2, 0) is 6.42 Å². The molecule has 2 aromatic heterocycles. The van der Waals surface area contributed by atoms with Crippen LogP contribution in [-0.4, -0.2) is 22.0 Å². The Kier molecular flexibility index (Phi) is 4.99. The zero-order chi connectivity index (χ0) is 13.8. The molecule has 3 nitrogen and oxygen atoms in total. The number of nitrogens with one attached hydrogen (secondary N) is 1. The highest BCUT2D eigenvalue weighted by atomic mass is 32.1. The van der Waals surface area contributed by atoms with Crippen LogP contribution in [0, 0.1) is 11.8 Å². The van der Waals surface area contributed by atoms with E-state index in [2.05, 4.69) is 55.2 Å². The van der Waals surface area contributed by atoms with Crippen LogP contribution in [0.25, 0.3) is 4.96 Å². The second-order valence-corrected chi connectivity index (χ2v) is 6.96. The summed E-state index contributed by atoms with van der Waals surface area (Å²) >= 11 is 1.70. The minimum Gasteiger partial charge on any atom is -0.314 e. The number of hydrogen-bond donors (Lipinski definition) is 1. The highest BCUT2D eigenvalue weighted by molar-refractivity contribution is 7.15. The average molecular weight is 279 g/mol. The van der Waals surface area contributed by atoms with Crippen LogP contribution in [0.2, 0.25) is 0 Å². The third-order valence-corrected chi connectivity index (χ3v) is 4.03. The van der Waals surface area contributed by atoms with Crippen molar-refractivity contribution in [2.45, 2.75) is 46.6 Å². The first kappa shape index (κ1) is 14.5. The van der Waals surface area contributed by atoms with Crippen molar-refractivity contribution in [2.75, 3.05) is 6.54 Å².